The Morgan fingerprint density at radius 2 is 1.67 bits per heavy atom. The molecular formula is C13H19NO4. The third-order valence-corrected chi connectivity index (χ3v) is 2.44. The van der Waals surface area contributed by atoms with Crippen molar-refractivity contribution in [3.8, 4) is 0 Å². The van der Waals surface area contributed by atoms with Gasteiger partial charge in [-0.1, -0.05) is 12.1 Å². The highest BCUT2D eigenvalue weighted by Crippen LogP contribution is 2.21. The number of aromatic carboxylic acids is 1. The van der Waals surface area contributed by atoms with Crippen LogP contribution in [0.3, 0.4) is 0 Å². The van der Waals surface area contributed by atoms with Gasteiger partial charge in [0.15, 0.2) is 0 Å². The van der Waals surface area contributed by atoms with E-state index in [2.05, 4.69) is 0 Å². The second-order valence-corrected chi connectivity index (χ2v) is 4.43. The molecule has 0 aromatic heterocycles. The van der Waals surface area contributed by atoms with Crippen LogP contribution < -0.4 is 4.90 Å². The first kappa shape index (κ1) is 14.5. The summed E-state index contributed by atoms with van der Waals surface area (Å²) in [6.45, 7) is 3.79. The van der Waals surface area contributed by atoms with E-state index in [9.17, 15) is 15.0 Å². The summed E-state index contributed by atoms with van der Waals surface area (Å²) in [6.07, 6.45) is -1.21. The second kappa shape index (κ2) is 6.37. The number of para-hydroxylation sites is 1. The number of carboxylic acids is 1. The van der Waals surface area contributed by atoms with Crippen molar-refractivity contribution in [3.05, 3.63) is 29.8 Å². The van der Waals surface area contributed by atoms with E-state index in [1.807, 2.05) is 0 Å². The Morgan fingerprint density at radius 3 is 2.11 bits per heavy atom. The number of carbonyl (C=O) groups is 1. The monoisotopic (exact) mass is 253 g/mol. The predicted molar refractivity (Wildman–Crippen MR) is 69.0 cm³/mol. The summed E-state index contributed by atoms with van der Waals surface area (Å²) in [6, 6.07) is 6.57. The molecule has 0 fully saturated rings. The Bertz CT molecular complexity index is 394. The molecule has 3 N–H and O–H groups in total. The first-order valence-corrected chi connectivity index (χ1v) is 5.85. The third-order valence-electron chi connectivity index (χ3n) is 2.44. The number of hydrogen-bond donors (Lipinski definition) is 3. The molecule has 0 aliphatic heterocycles. The van der Waals surface area contributed by atoms with E-state index < -0.39 is 18.2 Å². The number of nitrogens with zero attached hydrogens (tertiary/aromatic N) is 1. The summed E-state index contributed by atoms with van der Waals surface area (Å²) in [5, 5.41) is 28.0. The molecule has 0 saturated heterocycles. The van der Waals surface area contributed by atoms with Crippen molar-refractivity contribution >= 4 is 11.7 Å². The molecule has 0 aliphatic carbocycles. The molecule has 1 aromatic rings. The summed E-state index contributed by atoms with van der Waals surface area (Å²) in [5.74, 6) is -1.02. The lowest BCUT2D eigenvalue weighted by Gasteiger charge is -2.28. The molecule has 1 aromatic carbocycles. The summed E-state index contributed by atoms with van der Waals surface area (Å²) in [7, 11) is 0. The largest absolute Gasteiger partial charge is 0.478 e. The molecule has 5 heteroatoms. The molecule has 0 saturated carbocycles. The Morgan fingerprint density at radius 1 is 1.17 bits per heavy atom. The number of anilines is 1. The van der Waals surface area contributed by atoms with Crippen molar-refractivity contribution < 1.29 is 20.1 Å². The average Bonchev–Trinajstić information content (AvgIpc) is 2.26. The zero-order chi connectivity index (χ0) is 13.7. The molecule has 18 heavy (non-hydrogen) atoms. The highest BCUT2D eigenvalue weighted by molar-refractivity contribution is 5.94. The van der Waals surface area contributed by atoms with Crippen LogP contribution in [0.15, 0.2) is 24.3 Å². The number of hydrogen-bond acceptors (Lipinski definition) is 4. The fourth-order valence-corrected chi connectivity index (χ4v) is 1.84. The SMILES string of the molecule is CC(O)CN(CC(C)O)c1ccccc1C(=O)O. The molecular weight excluding hydrogens is 234 g/mol. The first-order valence-electron chi connectivity index (χ1n) is 5.85. The van der Waals surface area contributed by atoms with Crippen LogP contribution in [0.5, 0.6) is 0 Å². The summed E-state index contributed by atoms with van der Waals surface area (Å²) in [5.41, 5.74) is 0.672. The molecule has 2 unspecified atom stereocenters. The number of benzene rings is 1. The Kier molecular flexibility index (Phi) is 5.12. The lowest BCUT2D eigenvalue weighted by molar-refractivity contribution is 0.0696. The minimum Gasteiger partial charge on any atom is -0.478 e. The van der Waals surface area contributed by atoms with Gasteiger partial charge in [0.1, 0.15) is 0 Å². The van der Waals surface area contributed by atoms with E-state index in [0.29, 0.717) is 5.69 Å². The standard InChI is InChI=1S/C13H19NO4/c1-9(15)7-14(8-10(2)16)12-6-4-3-5-11(12)13(17)18/h3-6,9-10,15-16H,7-8H2,1-2H3,(H,17,18). The Labute approximate surface area is 106 Å². The van der Waals surface area contributed by atoms with Crippen molar-refractivity contribution in [1.29, 1.82) is 0 Å². The molecule has 0 radical (unpaired) electrons. The highest BCUT2D eigenvalue weighted by Gasteiger charge is 2.18. The van der Waals surface area contributed by atoms with Crippen molar-refractivity contribution in [3.63, 3.8) is 0 Å². The van der Waals surface area contributed by atoms with Gasteiger partial charge in [0.05, 0.1) is 23.5 Å². The van der Waals surface area contributed by atoms with Crippen molar-refractivity contribution in [2.45, 2.75) is 26.1 Å². The molecule has 0 bridgehead atoms. The van der Waals surface area contributed by atoms with Crippen LogP contribution in [0, 0.1) is 0 Å². The first-order chi connectivity index (χ1) is 8.41. The zero-order valence-electron chi connectivity index (χ0n) is 10.6. The van der Waals surface area contributed by atoms with Gasteiger partial charge in [-0.15, -0.1) is 0 Å². The van der Waals surface area contributed by atoms with Crippen LogP contribution in [-0.2, 0) is 0 Å². The van der Waals surface area contributed by atoms with E-state index >= 15 is 0 Å². The van der Waals surface area contributed by atoms with E-state index in [1.54, 1.807) is 36.9 Å². The summed E-state index contributed by atoms with van der Waals surface area (Å²) < 4.78 is 0. The fraction of sp³-hybridized carbons (Fsp3) is 0.462. The average molecular weight is 253 g/mol. The smallest absolute Gasteiger partial charge is 0.337 e. The highest BCUT2D eigenvalue weighted by atomic mass is 16.4. The predicted octanol–water partition coefficient (Wildman–Crippen LogP) is 0.953. The minimum atomic E-state index is -1.02. The molecule has 5 nitrogen and oxygen atoms in total. The van der Waals surface area contributed by atoms with Crippen LogP contribution in [0.4, 0.5) is 5.69 Å². The molecule has 1 rings (SSSR count). The van der Waals surface area contributed by atoms with Gasteiger partial charge in [-0.3, -0.25) is 0 Å². The van der Waals surface area contributed by atoms with Crippen LogP contribution in [0.25, 0.3) is 0 Å². The quantitative estimate of drug-likeness (QED) is 0.703. The van der Waals surface area contributed by atoms with E-state index in [4.69, 9.17) is 5.11 Å². The van der Waals surface area contributed by atoms with Gasteiger partial charge in [-0.05, 0) is 26.0 Å². The third kappa shape index (κ3) is 4.01. The molecule has 0 spiro atoms. The molecule has 100 valence electrons. The van der Waals surface area contributed by atoms with Crippen molar-refractivity contribution in [2.24, 2.45) is 0 Å². The zero-order valence-corrected chi connectivity index (χ0v) is 10.6. The van der Waals surface area contributed by atoms with Gasteiger partial charge in [0, 0.05) is 13.1 Å². The van der Waals surface area contributed by atoms with Gasteiger partial charge < -0.3 is 20.2 Å². The second-order valence-electron chi connectivity index (χ2n) is 4.43. The van der Waals surface area contributed by atoms with Crippen LogP contribution in [0.1, 0.15) is 24.2 Å². The maximum absolute atomic E-state index is 11.1. The molecule has 2 atom stereocenters. The minimum absolute atomic E-state index is 0.166. The lowest BCUT2D eigenvalue weighted by atomic mass is 10.1. The van der Waals surface area contributed by atoms with E-state index in [0.717, 1.165) is 0 Å². The van der Waals surface area contributed by atoms with Crippen molar-refractivity contribution in [1.82, 2.24) is 0 Å². The summed E-state index contributed by atoms with van der Waals surface area (Å²) in [4.78, 5) is 12.8. The Hall–Kier alpha value is -1.59. The topological polar surface area (TPSA) is 81.0 Å². The lowest BCUT2D eigenvalue weighted by Crippen LogP contribution is -2.37. The fourth-order valence-electron chi connectivity index (χ4n) is 1.84. The van der Waals surface area contributed by atoms with Crippen LogP contribution >= 0.6 is 0 Å². The maximum Gasteiger partial charge on any atom is 0.337 e. The van der Waals surface area contributed by atoms with Gasteiger partial charge in [0.25, 0.3) is 0 Å². The Balaban J connectivity index is 3.07. The van der Waals surface area contributed by atoms with Gasteiger partial charge in [-0.25, -0.2) is 4.79 Å². The van der Waals surface area contributed by atoms with Gasteiger partial charge in [0.2, 0.25) is 0 Å². The normalized spacial score (nSPS) is 14.0. The van der Waals surface area contributed by atoms with Crippen molar-refractivity contribution in [2.75, 3.05) is 18.0 Å². The maximum atomic E-state index is 11.1. The molecule has 0 aliphatic rings. The van der Waals surface area contributed by atoms with Gasteiger partial charge in [-0.2, -0.15) is 0 Å². The van der Waals surface area contributed by atoms with E-state index in [1.165, 1.54) is 6.07 Å². The van der Waals surface area contributed by atoms with E-state index in [-0.39, 0.29) is 18.7 Å². The van der Waals surface area contributed by atoms with Gasteiger partial charge >= 0.3 is 5.97 Å². The molecule has 0 amide bonds. The van der Waals surface area contributed by atoms with Crippen LogP contribution in [-0.4, -0.2) is 46.6 Å². The number of aliphatic hydroxyl groups is 2. The van der Waals surface area contributed by atoms with Crippen LogP contribution in [0.2, 0.25) is 0 Å². The molecule has 0 heterocycles. The number of aliphatic hydroxyl groups excluding tert-OH is 2. The summed E-state index contributed by atoms with van der Waals surface area (Å²) >= 11 is 0. The number of carboxylic acid groups (broad SMARTS) is 1. The number of rotatable bonds is 6.